The van der Waals surface area contributed by atoms with Crippen LogP contribution in [-0.4, -0.2) is 93.8 Å². The molecular formula is C105H201O16P. The van der Waals surface area contributed by atoms with Crippen LogP contribution in [0.5, 0.6) is 0 Å². The molecule has 0 amide bonds. The van der Waals surface area contributed by atoms with Crippen LogP contribution < -0.4 is 0 Å². The summed E-state index contributed by atoms with van der Waals surface area (Å²) in [4.78, 5) is 82.3. The molecule has 122 heavy (non-hydrogen) atoms. The molecule has 0 heterocycles. The van der Waals surface area contributed by atoms with Gasteiger partial charge in [-0.05, 0) is 38.5 Å². The molecule has 0 aromatic carbocycles. The van der Waals surface area contributed by atoms with Gasteiger partial charge in [0.05, 0.1) is 19.8 Å². The molecular weight excluding hydrogens is 1550 g/mol. The topological polar surface area (TPSA) is 203 Å². The molecule has 0 aromatic rings. The van der Waals surface area contributed by atoms with Crippen molar-refractivity contribution >= 4 is 43.6 Å². The van der Waals surface area contributed by atoms with Gasteiger partial charge in [-0.3, -0.25) is 42.3 Å². The van der Waals surface area contributed by atoms with Crippen molar-refractivity contribution in [3.8, 4) is 0 Å². The molecule has 0 saturated carbocycles. The monoisotopic (exact) mass is 1750 g/mol. The number of hydrogen-bond donors (Lipinski definition) is 0. The molecule has 0 radical (unpaired) electrons. The zero-order valence-electron chi connectivity index (χ0n) is 81.4. The molecule has 0 aromatic heterocycles. The molecule has 722 valence electrons. The SMILES string of the molecule is CCCCCCCCCCCCCCCC(=O)OC[C@H](COP(=O)(OC[C@@H](COC(=O)CCCCCCCCCCCCCCC)OC(=O)CCCCCCCCCCCCCCC)OC[C@@H](COC(=O)CCCCCCCCCCCCCCC)OC(=O)CCCCCCCCCCCCCCC)OC(=O)CCCCCCCCCCCCCCC. The zero-order chi connectivity index (χ0) is 88.7. The predicted molar refractivity (Wildman–Crippen MR) is 510 cm³/mol. The van der Waals surface area contributed by atoms with Crippen LogP contribution in [0.3, 0.4) is 0 Å². The molecule has 0 N–H and O–H groups in total. The maximum Gasteiger partial charge on any atom is 0.475 e. The summed E-state index contributed by atoms with van der Waals surface area (Å²) in [5.41, 5.74) is 0. The largest absolute Gasteiger partial charge is 0.475 e. The second kappa shape index (κ2) is 97.0. The maximum absolute atomic E-state index is 15.7. The predicted octanol–water partition coefficient (Wildman–Crippen LogP) is 33.4. The van der Waals surface area contributed by atoms with Crippen LogP contribution in [-0.2, 0) is 75.3 Å². The van der Waals surface area contributed by atoms with Crippen LogP contribution in [0, 0.1) is 0 Å². The van der Waals surface area contributed by atoms with Gasteiger partial charge in [-0.2, -0.15) is 0 Å². The molecule has 0 bridgehead atoms. The van der Waals surface area contributed by atoms with E-state index in [1.54, 1.807) is 0 Å². The lowest BCUT2D eigenvalue weighted by atomic mass is 10.0. The summed E-state index contributed by atoms with van der Waals surface area (Å²) in [5.74, 6) is -2.96. The molecule has 17 heteroatoms. The van der Waals surface area contributed by atoms with Gasteiger partial charge < -0.3 is 28.4 Å². The smallest absolute Gasteiger partial charge is 0.462 e. The fourth-order valence-electron chi connectivity index (χ4n) is 16.2. The summed E-state index contributed by atoms with van der Waals surface area (Å²) in [6, 6.07) is 0. The standard InChI is InChI=1S/C105H201O16P/c1-7-13-19-25-31-37-43-49-55-61-67-73-79-85-100(106)113-91-97(119-103(109)88-82-76-70-64-58-52-46-40-34-28-22-16-10-4)94-116-122(112,117-95-98(120-104(110)89-83-77-71-65-59-53-47-41-35-29-23-17-11-5)92-114-101(107)86-80-74-68-62-56-50-44-38-32-26-20-14-8-2)118-96-99(121-105(111)90-84-78-72-66-60-54-48-42-36-30-24-18-12-6)93-115-102(108)87-81-75-69-63-57-51-45-39-33-27-21-15-9-3/h97-99H,7-96H2,1-6H3/t97-,98-,99-/m1/s1. The van der Waals surface area contributed by atoms with Crippen molar-refractivity contribution in [1.82, 2.24) is 0 Å². The van der Waals surface area contributed by atoms with Crippen LogP contribution in [0.2, 0.25) is 0 Å². The highest BCUT2D eigenvalue weighted by Crippen LogP contribution is 2.50. The van der Waals surface area contributed by atoms with Crippen LogP contribution in [0.25, 0.3) is 0 Å². The van der Waals surface area contributed by atoms with Crippen molar-refractivity contribution in [1.29, 1.82) is 0 Å². The quantitative estimate of drug-likeness (QED) is 0.0240. The maximum atomic E-state index is 15.7. The van der Waals surface area contributed by atoms with Gasteiger partial charge in [0.15, 0.2) is 18.3 Å². The second-order valence-electron chi connectivity index (χ2n) is 36.7. The van der Waals surface area contributed by atoms with E-state index in [2.05, 4.69) is 41.5 Å². The highest BCUT2D eigenvalue weighted by molar-refractivity contribution is 7.48. The third kappa shape index (κ3) is 90.3. The van der Waals surface area contributed by atoms with E-state index in [9.17, 15) is 28.8 Å². The zero-order valence-corrected chi connectivity index (χ0v) is 82.2. The van der Waals surface area contributed by atoms with Crippen molar-refractivity contribution in [2.45, 2.75) is 599 Å². The summed E-state index contributed by atoms with van der Waals surface area (Å²) in [7, 11) is -4.93. The van der Waals surface area contributed by atoms with Gasteiger partial charge in [0.2, 0.25) is 0 Å². The van der Waals surface area contributed by atoms with Gasteiger partial charge in [-0.25, -0.2) is 4.57 Å². The lowest BCUT2D eigenvalue weighted by molar-refractivity contribution is -0.163. The van der Waals surface area contributed by atoms with Crippen molar-refractivity contribution < 1.29 is 75.3 Å². The summed E-state index contributed by atoms with van der Waals surface area (Å²) in [6.07, 6.45) is 87.4. The molecule has 0 unspecified atom stereocenters. The van der Waals surface area contributed by atoms with Crippen LogP contribution in [0.1, 0.15) is 581 Å². The fourth-order valence-corrected chi connectivity index (χ4v) is 17.5. The number of esters is 6. The molecule has 0 fully saturated rings. The van der Waals surface area contributed by atoms with Crippen LogP contribution in [0.15, 0.2) is 0 Å². The highest BCUT2D eigenvalue weighted by Gasteiger charge is 2.35. The van der Waals surface area contributed by atoms with Gasteiger partial charge in [-0.1, -0.05) is 504 Å². The number of ether oxygens (including phenoxy) is 6. The van der Waals surface area contributed by atoms with E-state index in [1.165, 1.54) is 327 Å². The molecule has 16 nitrogen and oxygen atoms in total. The molecule has 0 aliphatic rings. The lowest BCUT2D eigenvalue weighted by Crippen LogP contribution is -2.32. The van der Waals surface area contributed by atoms with Crippen molar-refractivity contribution in [2.75, 3.05) is 39.6 Å². The Balaban J connectivity index is 7.05. The normalized spacial score (nSPS) is 12.4. The number of carbonyl (C=O) groups is 6. The number of carbonyl (C=O) groups excluding carboxylic acids is 6. The highest BCUT2D eigenvalue weighted by atomic mass is 31.2. The summed E-state index contributed by atoms with van der Waals surface area (Å²) in [6.45, 7) is 10.5. The Kier molecular flexibility index (Phi) is 94.6. The first kappa shape index (κ1) is 119. The van der Waals surface area contributed by atoms with Crippen molar-refractivity contribution in [3.63, 3.8) is 0 Å². The van der Waals surface area contributed by atoms with E-state index in [4.69, 9.17) is 42.0 Å². The molecule has 0 spiro atoms. The Labute approximate surface area is 753 Å². The summed E-state index contributed by atoms with van der Waals surface area (Å²) in [5, 5.41) is 0. The lowest BCUT2D eigenvalue weighted by Gasteiger charge is -2.25. The molecule has 3 atom stereocenters. The average Bonchev–Trinajstić information content (AvgIpc) is 0.864. The van der Waals surface area contributed by atoms with Crippen molar-refractivity contribution in [2.24, 2.45) is 0 Å². The summed E-state index contributed by atoms with van der Waals surface area (Å²) < 4.78 is 70.0. The van der Waals surface area contributed by atoms with Gasteiger partial charge in [-0.15, -0.1) is 0 Å². The number of hydrogen-bond acceptors (Lipinski definition) is 16. The van der Waals surface area contributed by atoms with Crippen LogP contribution >= 0.6 is 7.82 Å². The number of unbranched alkanes of at least 4 members (excludes halogenated alkanes) is 72. The van der Waals surface area contributed by atoms with E-state index in [-0.39, 0.29) is 38.5 Å². The molecule has 0 saturated heterocycles. The third-order valence-corrected chi connectivity index (χ3v) is 25.7. The second-order valence-corrected chi connectivity index (χ2v) is 38.3. The number of rotatable bonds is 102. The first-order valence-electron chi connectivity index (χ1n) is 53.4. The fraction of sp³-hybridized carbons (Fsp3) is 0.943. The van der Waals surface area contributed by atoms with Crippen LogP contribution in [0.4, 0.5) is 0 Å². The minimum absolute atomic E-state index is 0.112. The van der Waals surface area contributed by atoms with Crippen molar-refractivity contribution in [3.05, 3.63) is 0 Å². The Morgan fingerprint density at radius 2 is 0.279 bits per heavy atom. The first-order valence-corrected chi connectivity index (χ1v) is 54.9. The Morgan fingerprint density at radius 1 is 0.164 bits per heavy atom. The third-order valence-electron chi connectivity index (χ3n) is 24.3. The minimum atomic E-state index is -4.93. The number of phosphoric acid groups is 1. The summed E-state index contributed by atoms with van der Waals surface area (Å²) >= 11 is 0. The minimum Gasteiger partial charge on any atom is -0.462 e. The Hall–Kier alpha value is -3.07. The van der Waals surface area contributed by atoms with Gasteiger partial charge in [0, 0.05) is 38.5 Å². The molecule has 0 rings (SSSR count). The Morgan fingerprint density at radius 3 is 0.410 bits per heavy atom. The van der Waals surface area contributed by atoms with E-state index in [1.807, 2.05) is 0 Å². The van der Waals surface area contributed by atoms with E-state index in [0.717, 1.165) is 135 Å². The number of phosphoric ester groups is 1. The Bertz CT molecular complexity index is 2040. The van der Waals surface area contributed by atoms with Gasteiger partial charge in [0.25, 0.3) is 0 Å². The van der Waals surface area contributed by atoms with E-state index >= 15 is 4.57 Å². The van der Waals surface area contributed by atoms with Gasteiger partial charge >= 0.3 is 43.6 Å². The van der Waals surface area contributed by atoms with Gasteiger partial charge in [0.1, 0.15) is 19.8 Å². The van der Waals surface area contributed by atoms with E-state index < -0.39 is 102 Å². The molecule has 0 aliphatic carbocycles. The van der Waals surface area contributed by atoms with E-state index in [0.29, 0.717) is 38.5 Å². The average molecular weight is 1750 g/mol. The first-order chi connectivity index (χ1) is 59.8. The molecule has 0 aliphatic heterocycles.